The smallest absolute Gasteiger partial charge is 0.244 e. The molecule has 3 rings (SSSR count). The minimum Gasteiger partial charge on any atom is -0.352 e. The van der Waals surface area contributed by atoms with Crippen LogP contribution in [0, 0.1) is 13.8 Å². The summed E-state index contributed by atoms with van der Waals surface area (Å²) in [5.74, 6) is -0.817. The fraction of sp³-hybridized carbons (Fsp3) is 0.333. The zero-order chi connectivity index (χ0) is 28.7. The fourth-order valence-corrected chi connectivity index (χ4v) is 5.48. The maximum absolute atomic E-state index is 14.1. The van der Waals surface area contributed by atoms with Gasteiger partial charge in [0.1, 0.15) is 12.6 Å². The van der Waals surface area contributed by atoms with Crippen molar-refractivity contribution in [3.63, 3.8) is 0 Å². The molecule has 39 heavy (non-hydrogen) atoms. The van der Waals surface area contributed by atoms with Crippen LogP contribution in [-0.2, 0) is 32.6 Å². The lowest BCUT2D eigenvalue weighted by Crippen LogP contribution is -2.54. The number of sulfonamides is 1. The molecule has 1 unspecified atom stereocenters. The van der Waals surface area contributed by atoms with Gasteiger partial charge in [0.25, 0.3) is 0 Å². The fourth-order valence-electron chi connectivity index (χ4n) is 4.37. The number of rotatable bonds is 11. The van der Waals surface area contributed by atoms with Crippen LogP contribution in [0.25, 0.3) is 0 Å². The number of carbonyl (C=O) groups excluding carboxylic acids is 2. The summed E-state index contributed by atoms with van der Waals surface area (Å²) in [6, 6.07) is 20.8. The molecule has 7 nitrogen and oxygen atoms in total. The number of benzene rings is 3. The van der Waals surface area contributed by atoms with Crippen LogP contribution in [0.15, 0.2) is 72.8 Å². The van der Waals surface area contributed by atoms with E-state index in [-0.39, 0.29) is 24.9 Å². The summed E-state index contributed by atoms with van der Waals surface area (Å²) in [5, 5.41) is 3.44. The Labute approximate surface area is 236 Å². The van der Waals surface area contributed by atoms with Crippen LogP contribution in [-0.4, -0.2) is 50.0 Å². The van der Waals surface area contributed by atoms with E-state index in [1.165, 1.54) is 4.90 Å². The van der Waals surface area contributed by atoms with Gasteiger partial charge in [-0.05, 0) is 68.1 Å². The third-order valence-corrected chi connectivity index (χ3v) is 7.83. The predicted octanol–water partition coefficient (Wildman–Crippen LogP) is 4.89. The van der Waals surface area contributed by atoms with E-state index in [0.29, 0.717) is 10.7 Å². The Morgan fingerprint density at radius 1 is 0.923 bits per heavy atom. The Morgan fingerprint density at radius 2 is 1.56 bits per heavy atom. The molecule has 0 aromatic heterocycles. The Kier molecular flexibility index (Phi) is 10.2. The molecular formula is C30H36ClN3O4S. The van der Waals surface area contributed by atoms with Gasteiger partial charge in [0.2, 0.25) is 21.8 Å². The maximum Gasteiger partial charge on any atom is 0.244 e. The van der Waals surface area contributed by atoms with Gasteiger partial charge in [-0.15, -0.1) is 0 Å². The minimum absolute atomic E-state index is 0.0762. The van der Waals surface area contributed by atoms with E-state index in [0.717, 1.165) is 32.8 Å². The van der Waals surface area contributed by atoms with Gasteiger partial charge in [0.15, 0.2) is 0 Å². The molecule has 0 heterocycles. The molecule has 1 atom stereocenters. The largest absolute Gasteiger partial charge is 0.352 e. The summed E-state index contributed by atoms with van der Waals surface area (Å²) in [4.78, 5) is 29.1. The van der Waals surface area contributed by atoms with Crippen LogP contribution in [0.2, 0.25) is 5.02 Å². The summed E-state index contributed by atoms with van der Waals surface area (Å²) in [6.45, 7) is 7.04. The third kappa shape index (κ3) is 8.31. The molecule has 0 spiro atoms. The number of aryl methyl sites for hydroxylation is 1. The number of hydrogen-bond donors (Lipinski definition) is 1. The maximum atomic E-state index is 14.1. The Bertz CT molecular complexity index is 1410. The molecule has 0 fully saturated rings. The molecule has 3 aromatic rings. The Balaban J connectivity index is 2.08. The number of amides is 2. The predicted molar refractivity (Wildman–Crippen MR) is 157 cm³/mol. The van der Waals surface area contributed by atoms with E-state index in [1.54, 1.807) is 30.3 Å². The molecule has 3 aromatic carbocycles. The molecule has 0 aliphatic rings. The van der Waals surface area contributed by atoms with Gasteiger partial charge in [0.05, 0.1) is 11.9 Å². The van der Waals surface area contributed by atoms with Crippen molar-refractivity contribution in [3.8, 4) is 0 Å². The normalized spacial score (nSPS) is 12.2. The molecule has 0 saturated carbocycles. The molecule has 0 saturated heterocycles. The highest BCUT2D eigenvalue weighted by Gasteiger charge is 2.33. The van der Waals surface area contributed by atoms with E-state index >= 15 is 0 Å². The van der Waals surface area contributed by atoms with Crippen molar-refractivity contribution in [3.05, 3.63) is 100 Å². The standard InChI is InChI=1S/C30H36ClN3O4S/c1-21(2)32-30(36)28(18-24-12-7-6-8-13-24)33(19-25-14-10-15-26(31)17-25)29(35)20-34(39(5,37)38)27-16-9-11-22(3)23(27)4/h6-17,21,28H,18-20H2,1-5H3,(H,32,36). The molecule has 2 amide bonds. The summed E-state index contributed by atoms with van der Waals surface area (Å²) in [7, 11) is -3.83. The summed E-state index contributed by atoms with van der Waals surface area (Å²) < 4.78 is 27.0. The van der Waals surface area contributed by atoms with Crippen molar-refractivity contribution < 1.29 is 18.0 Å². The van der Waals surface area contributed by atoms with Gasteiger partial charge in [0, 0.05) is 24.0 Å². The molecule has 0 radical (unpaired) electrons. The van der Waals surface area contributed by atoms with Gasteiger partial charge in [-0.2, -0.15) is 0 Å². The molecular weight excluding hydrogens is 534 g/mol. The van der Waals surface area contributed by atoms with Gasteiger partial charge < -0.3 is 10.2 Å². The second-order valence-corrected chi connectivity index (χ2v) is 12.4. The van der Waals surface area contributed by atoms with Crippen LogP contribution in [0.1, 0.15) is 36.1 Å². The second-order valence-electron chi connectivity index (χ2n) is 10.0. The molecule has 0 bridgehead atoms. The Morgan fingerprint density at radius 3 is 2.18 bits per heavy atom. The summed E-state index contributed by atoms with van der Waals surface area (Å²) in [6.07, 6.45) is 1.34. The average molecular weight is 570 g/mol. The number of nitrogens with zero attached hydrogens (tertiary/aromatic N) is 2. The summed E-state index contributed by atoms with van der Waals surface area (Å²) in [5.41, 5.74) is 3.70. The van der Waals surface area contributed by atoms with Crippen molar-refractivity contribution >= 4 is 39.1 Å². The lowest BCUT2D eigenvalue weighted by atomic mass is 10.0. The van der Waals surface area contributed by atoms with Crippen molar-refractivity contribution in [2.75, 3.05) is 17.1 Å². The highest BCUT2D eigenvalue weighted by atomic mass is 35.5. The van der Waals surface area contributed by atoms with Crippen LogP contribution in [0.4, 0.5) is 5.69 Å². The first-order chi connectivity index (χ1) is 18.4. The monoisotopic (exact) mass is 569 g/mol. The highest BCUT2D eigenvalue weighted by molar-refractivity contribution is 7.92. The zero-order valence-corrected chi connectivity index (χ0v) is 24.6. The molecule has 1 N–H and O–H groups in total. The van der Waals surface area contributed by atoms with Crippen molar-refractivity contribution in [1.29, 1.82) is 0 Å². The highest BCUT2D eigenvalue weighted by Crippen LogP contribution is 2.26. The second kappa shape index (κ2) is 13.1. The lowest BCUT2D eigenvalue weighted by molar-refractivity contribution is -0.140. The lowest BCUT2D eigenvalue weighted by Gasteiger charge is -2.34. The van der Waals surface area contributed by atoms with E-state index in [1.807, 2.05) is 70.2 Å². The van der Waals surface area contributed by atoms with Gasteiger partial charge >= 0.3 is 0 Å². The molecule has 0 aliphatic carbocycles. The Hall–Kier alpha value is -3.36. The van der Waals surface area contributed by atoms with Crippen LogP contribution < -0.4 is 9.62 Å². The van der Waals surface area contributed by atoms with Crippen molar-refractivity contribution in [2.45, 2.75) is 52.7 Å². The third-order valence-electron chi connectivity index (χ3n) is 6.47. The van der Waals surface area contributed by atoms with Gasteiger partial charge in [-0.3, -0.25) is 13.9 Å². The van der Waals surface area contributed by atoms with Gasteiger partial charge in [-0.25, -0.2) is 8.42 Å². The zero-order valence-electron chi connectivity index (χ0n) is 23.0. The van der Waals surface area contributed by atoms with Crippen LogP contribution in [0.5, 0.6) is 0 Å². The minimum atomic E-state index is -3.83. The van der Waals surface area contributed by atoms with Gasteiger partial charge in [-0.1, -0.05) is 66.2 Å². The van der Waals surface area contributed by atoms with E-state index < -0.39 is 28.5 Å². The number of carbonyl (C=O) groups is 2. The number of anilines is 1. The van der Waals surface area contributed by atoms with Crippen molar-refractivity contribution in [1.82, 2.24) is 10.2 Å². The topological polar surface area (TPSA) is 86.8 Å². The van der Waals surface area contributed by atoms with E-state index in [2.05, 4.69) is 5.32 Å². The van der Waals surface area contributed by atoms with Crippen LogP contribution >= 0.6 is 11.6 Å². The number of halogens is 1. The average Bonchev–Trinajstić information content (AvgIpc) is 2.86. The first-order valence-corrected chi connectivity index (χ1v) is 15.0. The van der Waals surface area contributed by atoms with E-state index in [9.17, 15) is 18.0 Å². The molecule has 0 aliphatic heterocycles. The number of nitrogens with one attached hydrogen (secondary N) is 1. The number of hydrogen-bond acceptors (Lipinski definition) is 4. The molecule has 208 valence electrons. The van der Waals surface area contributed by atoms with E-state index in [4.69, 9.17) is 11.6 Å². The van der Waals surface area contributed by atoms with Crippen molar-refractivity contribution in [2.24, 2.45) is 0 Å². The molecule has 9 heteroatoms. The SMILES string of the molecule is Cc1cccc(N(CC(=O)N(Cc2cccc(Cl)c2)C(Cc2ccccc2)C(=O)NC(C)C)S(C)(=O)=O)c1C. The first-order valence-electron chi connectivity index (χ1n) is 12.8. The van der Waals surface area contributed by atoms with Crippen LogP contribution in [0.3, 0.4) is 0 Å². The summed E-state index contributed by atoms with van der Waals surface area (Å²) >= 11 is 6.23. The first kappa shape index (κ1) is 30.2. The quantitative estimate of drug-likeness (QED) is 0.356.